The second kappa shape index (κ2) is 5.35. The number of nitrogens with one attached hydrogen (secondary N) is 1. The number of aryl methyl sites for hydroxylation is 1. The monoisotopic (exact) mass is 253 g/mol. The lowest BCUT2D eigenvalue weighted by Crippen LogP contribution is -2.11. The minimum atomic E-state index is 0.928. The number of para-hydroxylation sites is 1. The molecule has 1 aliphatic heterocycles. The molecule has 0 spiro atoms. The van der Waals surface area contributed by atoms with Crippen LogP contribution in [0.2, 0.25) is 0 Å². The van der Waals surface area contributed by atoms with Gasteiger partial charge in [-0.3, -0.25) is 0 Å². The standard InChI is InChI=1S/C17H19NO/c1-19-17-7-3-2-5-15(17)12-13-8-9-16-14(11-13)6-4-10-18-16/h2-3,5,7-9,11,18H,4,6,10,12H2,1H3. The Balaban J connectivity index is 1.87. The lowest BCUT2D eigenvalue weighted by molar-refractivity contribution is 0.410. The third-order valence-corrected chi connectivity index (χ3v) is 3.70. The molecule has 1 N–H and O–H groups in total. The summed E-state index contributed by atoms with van der Waals surface area (Å²) in [6.07, 6.45) is 3.34. The molecule has 1 heterocycles. The van der Waals surface area contributed by atoms with Gasteiger partial charge >= 0.3 is 0 Å². The number of hydrogen-bond donors (Lipinski definition) is 1. The molecule has 0 bridgehead atoms. The third kappa shape index (κ3) is 2.58. The van der Waals surface area contributed by atoms with E-state index in [1.165, 1.54) is 35.2 Å². The minimum absolute atomic E-state index is 0.928. The quantitative estimate of drug-likeness (QED) is 0.901. The van der Waals surface area contributed by atoms with E-state index >= 15 is 0 Å². The van der Waals surface area contributed by atoms with Crippen LogP contribution >= 0.6 is 0 Å². The molecule has 1 aliphatic rings. The van der Waals surface area contributed by atoms with Gasteiger partial charge in [0.1, 0.15) is 5.75 Å². The van der Waals surface area contributed by atoms with Crippen LogP contribution in [0.25, 0.3) is 0 Å². The van der Waals surface area contributed by atoms with Gasteiger partial charge < -0.3 is 10.1 Å². The van der Waals surface area contributed by atoms with E-state index in [0.717, 1.165) is 18.7 Å². The Kier molecular flexibility index (Phi) is 3.41. The van der Waals surface area contributed by atoms with Crippen molar-refractivity contribution in [3.05, 3.63) is 59.2 Å². The molecule has 0 aliphatic carbocycles. The molecule has 2 aromatic carbocycles. The summed E-state index contributed by atoms with van der Waals surface area (Å²) in [5, 5.41) is 3.45. The average molecular weight is 253 g/mol. The average Bonchev–Trinajstić information content (AvgIpc) is 2.48. The van der Waals surface area contributed by atoms with Crippen molar-refractivity contribution in [1.29, 1.82) is 0 Å². The first-order valence-corrected chi connectivity index (χ1v) is 6.84. The van der Waals surface area contributed by atoms with E-state index < -0.39 is 0 Å². The Morgan fingerprint density at radius 1 is 1.16 bits per heavy atom. The largest absolute Gasteiger partial charge is 0.496 e. The van der Waals surface area contributed by atoms with Crippen LogP contribution in [0.15, 0.2) is 42.5 Å². The van der Waals surface area contributed by atoms with Crippen LogP contribution in [0.3, 0.4) is 0 Å². The molecular formula is C17H19NO. The normalized spacial score (nSPS) is 13.5. The molecule has 98 valence electrons. The van der Waals surface area contributed by atoms with E-state index in [2.05, 4.69) is 35.6 Å². The molecule has 2 aromatic rings. The highest BCUT2D eigenvalue weighted by atomic mass is 16.5. The minimum Gasteiger partial charge on any atom is -0.496 e. The zero-order valence-electron chi connectivity index (χ0n) is 11.3. The summed E-state index contributed by atoms with van der Waals surface area (Å²) in [5.74, 6) is 0.971. The van der Waals surface area contributed by atoms with E-state index in [1.807, 2.05) is 12.1 Å². The topological polar surface area (TPSA) is 21.3 Å². The van der Waals surface area contributed by atoms with Crippen molar-refractivity contribution in [1.82, 2.24) is 0 Å². The van der Waals surface area contributed by atoms with Gasteiger partial charge in [0, 0.05) is 18.7 Å². The van der Waals surface area contributed by atoms with Gasteiger partial charge in [-0.1, -0.05) is 30.3 Å². The van der Waals surface area contributed by atoms with Gasteiger partial charge in [0.25, 0.3) is 0 Å². The maximum atomic E-state index is 5.42. The number of benzene rings is 2. The highest BCUT2D eigenvalue weighted by Gasteiger charge is 2.10. The molecule has 2 heteroatoms. The molecule has 0 unspecified atom stereocenters. The van der Waals surface area contributed by atoms with E-state index in [-0.39, 0.29) is 0 Å². The Morgan fingerprint density at radius 3 is 2.95 bits per heavy atom. The summed E-state index contributed by atoms with van der Waals surface area (Å²) in [6, 6.07) is 15.0. The predicted molar refractivity (Wildman–Crippen MR) is 79.1 cm³/mol. The fourth-order valence-electron chi connectivity index (χ4n) is 2.71. The zero-order valence-corrected chi connectivity index (χ0v) is 11.3. The Morgan fingerprint density at radius 2 is 2.05 bits per heavy atom. The van der Waals surface area contributed by atoms with Crippen LogP contribution < -0.4 is 10.1 Å². The molecule has 0 fully saturated rings. The summed E-state index contributed by atoms with van der Waals surface area (Å²) in [7, 11) is 1.73. The molecule has 0 amide bonds. The molecule has 0 saturated carbocycles. The lowest BCUT2D eigenvalue weighted by atomic mass is 9.97. The van der Waals surface area contributed by atoms with Crippen LogP contribution in [0, 0.1) is 0 Å². The van der Waals surface area contributed by atoms with E-state index in [0.29, 0.717) is 0 Å². The smallest absolute Gasteiger partial charge is 0.122 e. The number of methoxy groups -OCH3 is 1. The summed E-state index contributed by atoms with van der Waals surface area (Å²) >= 11 is 0. The second-order valence-electron chi connectivity index (χ2n) is 5.01. The van der Waals surface area contributed by atoms with Gasteiger partial charge in [0.15, 0.2) is 0 Å². The van der Waals surface area contributed by atoms with E-state index in [1.54, 1.807) is 7.11 Å². The van der Waals surface area contributed by atoms with Gasteiger partial charge in [-0.15, -0.1) is 0 Å². The highest BCUT2D eigenvalue weighted by molar-refractivity contribution is 5.55. The van der Waals surface area contributed by atoms with Gasteiger partial charge in [-0.2, -0.15) is 0 Å². The first-order chi connectivity index (χ1) is 9.36. The number of anilines is 1. The summed E-state index contributed by atoms with van der Waals surface area (Å²) < 4.78 is 5.42. The van der Waals surface area contributed by atoms with Crippen molar-refractivity contribution in [2.24, 2.45) is 0 Å². The fraction of sp³-hybridized carbons (Fsp3) is 0.294. The van der Waals surface area contributed by atoms with Crippen molar-refractivity contribution < 1.29 is 4.74 Å². The predicted octanol–water partition coefficient (Wildman–Crippen LogP) is 3.64. The van der Waals surface area contributed by atoms with E-state index in [4.69, 9.17) is 4.74 Å². The zero-order chi connectivity index (χ0) is 13.1. The fourth-order valence-corrected chi connectivity index (χ4v) is 2.71. The Labute approximate surface area is 114 Å². The maximum Gasteiger partial charge on any atom is 0.122 e. The van der Waals surface area contributed by atoms with Gasteiger partial charge in [0.05, 0.1) is 7.11 Å². The van der Waals surface area contributed by atoms with Crippen molar-refractivity contribution in [3.8, 4) is 5.75 Å². The van der Waals surface area contributed by atoms with Crippen molar-refractivity contribution >= 4 is 5.69 Å². The molecule has 0 saturated heterocycles. The maximum absolute atomic E-state index is 5.42. The Hall–Kier alpha value is -1.96. The third-order valence-electron chi connectivity index (χ3n) is 3.70. The SMILES string of the molecule is COc1ccccc1Cc1ccc2c(c1)CCCN2. The number of ether oxygens (including phenoxy) is 1. The van der Waals surface area contributed by atoms with Crippen molar-refractivity contribution in [3.63, 3.8) is 0 Å². The van der Waals surface area contributed by atoms with Crippen LogP contribution in [0.4, 0.5) is 5.69 Å². The lowest BCUT2D eigenvalue weighted by Gasteiger charge is -2.19. The van der Waals surface area contributed by atoms with Crippen molar-refractivity contribution in [2.75, 3.05) is 19.0 Å². The molecule has 0 aromatic heterocycles. The molecular weight excluding hydrogens is 234 g/mol. The number of fused-ring (bicyclic) bond motifs is 1. The molecule has 3 rings (SSSR count). The van der Waals surface area contributed by atoms with E-state index in [9.17, 15) is 0 Å². The molecule has 2 nitrogen and oxygen atoms in total. The molecule has 19 heavy (non-hydrogen) atoms. The first kappa shape index (κ1) is 12.1. The Bertz CT molecular complexity index is 577. The second-order valence-corrected chi connectivity index (χ2v) is 5.01. The van der Waals surface area contributed by atoms with Crippen molar-refractivity contribution in [2.45, 2.75) is 19.3 Å². The summed E-state index contributed by atoms with van der Waals surface area (Å²) in [5.41, 5.74) is 5.34. The van der Waals surface area contributed by atoms with Gasteiger partial charge in [-0.25, -0.2) is 0 Å². The number of rotatable bonds is 3. The van der Waals surface area contributed by atoms with Gasteiger partial charge in [-0.05, 0) is 41.7 Å². The van der Waals surface area contributed by atoms with Crippen LogP contribution in [0.5, 0.6) is 5.75 Å². The van der Waals surface area contributed by atoms with Crippen LogP contribution in [-0.4, -0.2) is 13.7 Å². The van der Waals surface area contributed by atoms with Crippen LogP contribution in [-0.2, 0) is 12.8 Å². The first-order valence-electron chi connectivity index (χ1n) is 6.84. The van der Waals surface area contributed by atoms with Gasteiger partial charge in [0.2, 0.25) is 0 Å². The highest BCUT2D eigenvalue weighted by Crippen LogP contribution is 2.26. The summed E-state index contributed by atoms with van der Waals surface area (Å²) in [4.78, 5) is 0. The van der Waals surface area contributed by atoms with Crippen LogP contribution in [0.1, 0.15) is 23.1 Å². The summed E-state index contributed by atoms with van der Waals surface area (Å²) in [6.45, 7) is 1.10. The molecule has 0 atom stereocenters. The molecule has 0 radical (unpaired) electrons. The number of hydrogen-bond acceptors (Lipinski definition) is 2.